The van der Waals surface area contributed by atoms with Crippen LogP contribution in [0.1, 0.15) is 17.3 Å². The Labute approximate surface area is 126 Å². The molecule has 2 rings (SSSR count). The van der Waals surface area contributed by atoms with Crippen LogP contribution >= 0.6 is 11.6 Å². The standard InChI is InChI=1S/C12H12ClN3O4S/c1-2-16-6-11(14-7-16)21(19,20)15-8-3-4-9(12(17)18)10(13)5-8/h3-7,15H,2H2,1H3,(H,17,18). The van der Waals surface area contributed by atoms with E-state index in [1.165, 1.54) is 30.7 Å². The van der Waals surface area contributed by atoms with Gasteiger partial charge in [-0.1, -0.05) is 11.6 Å². The zero-order chi connectivity index (χ0) is 15.6. The molecule has 0 amide bonds. The van der Waals surface area contributed by atoms with Crippen LogP contribution in [0, 0.1) is 0 Å². The molecule has 7 nitrogen and oxygen atoms in total. The van der Waals surface area contributed by atoms with Crippen LogP contribution in [-0.2, 0) is 16.6 Å². The van der Waals surface area contributed by atoms with Crippen LogP contribution < -0.4 is 4.72 Å². The minimum Gasteiger partial charge on any atom is -0.478 e. The van der Waals surface area contributed by atoms with Gasteiger partial charge in [0.1, 0.15) is 0 Å². The molecule has 0 saturated heterocycles. The van der Waals surface area contributed by atoms with Gasteiger partial charge in [0.15, 0.2) is 5.03 Å². The Morgan fingerprint density at radius 3 is 2.71 bits per heavy atom. The highest BCUT2D eigenvalue weighted by Gasteiger charge is 2.18. The number of sulfonamides is 1. The minimum absolute atomic E-state index is 0.0539. The molecule has 0 aliphatic carbocycles. The van der Waals surface area contributed by atoms with Gasteiger partial charge in [-0.2, -0.15) is 8.42 Å². The van der Waals surface area contributed by atoms with Gasteiger partial charge in [0, 0.05) is 12.7 Å². The number of hydrogen-bond donors (Lipinski definition) is 2. The summed E-state index contributed by atoms with van der Waals surface area (Å²) in [4.78, 5) is 14.6. The number of rotatable bonds is 5. The molecule has 0 spiro atoms. The average Bonchev–Trinajstić information content (AvgIpc) is 2.87. The highest BCUT2D eigenvalue weighted by molar-refractivity contribution is 7.92. The topological polar surface area (TPSA) is 101 Å². The van der Waals surface area contributed by atoms with Crippen molar-refractivity contribution in [2.24, 2.45) is 0 Å². The Balaban J connectivity index is 2.28. The normalized spacial score (nSPS) is 11.3. The largest absolute Gasteiger partial charge is 0.478 e. The smallest absolute Gasteiger partial charge is 0.337 e. The zero-order valence-electron chi connectivity index (χ0n) is 10.9. The maximum absolute atomic E-state index is 12.1. The molecule has 0 fully saturated rings. The first-order chi connectivity index (χ1) is 9.83. The van der Waals surface area contributed by atoms with Crippen molar-refractivity contribution in [3.8, 4) is 0 Å². The van der Waals surface area contributed by atoms with Gasteiger partial charge in [0.2, 0.25) is 0 Å². The van der Waals surface area contributed by atoms with Crippen LogP contribution in [0.2, 0.25) is 5.02 Å². The number of halogens is 1. The lowest BCUT2D eigenvalue weighted by molar-refractivity contribution is 0.0697. The van der Waals surface area contributed by atoms with Crippen LogP contribution in [0.25, 0.3) is 0 Å². The highest BCUT2D eigenvalue weighted by Crippen LogP contribution is 2.23. The quantitative estimate of drug-likeness (QED) is 0.874. The van der Waals surface area contributed by atoms with Crippen molar-refractivity contribution >= 4 is 33.3 Å². The van der Waals surface area contributed by atoms with E-state index in [-0.39, 0.29) is 21.3 Å². The Bertz CT molecular complexity index is 786. The van der Waals surface area contributed by atoms with Crippen molar-refractivity contribution in [1.82, 2.24) is 9.55 Å². The number of nitrogens with zero attached hydrogens (tertiary/aromatic N) is 2. The van der Waals surface area contributed by atoms with Crippen LogP contribution in [0.4, 0.5) is 5.69 Å². The molecule has 0 radical (unpaired) electrons. The van der Waals surface area contributed by atoms with Crippen molar-refractivity contribution in [3.63, 3.8) is 0 Å². The monoisotopic (exact) mass is 329 g/mol. The second-order valence-electron chi connectivity index (χ2n) is 4.15. The van der Waals surface area contributed by atoms with E-state index in [1.54, 1.807) is 4.57 Å². The van der Waals surface area contributed by atoms with Gasteiger partial charge in [-0.3, -0.25) is 4.72 Å². The molecule has 0 aliphatic rings. The van der Waals surface area contributed by atoms with Gasteiger partial charge in [0.25, 0.3) is 10.0 Å². The molecule has 0 saturated carbocycles. The predicted octanol–water partition coefficient (Wildman–Crippen LogP) is 2.06. The third-order valence-corrected chi connectivity index (χ3v) is 4.28. The van der Waals surface area contributed by atoms with E-state index >= 15 is 0 Å². The van der Waals surface area contributed by atoms with E-state index < -0.39 is 16.0 Å². The number of hydrogen-bond acceptors (Lipinski definition) is 4. The van der Waals surface area contributed by atoms with Gasteiger partial charge >= 0.3 is 5.97 Å². The number of carbonyl (C=O) groups is 1. The Morgan fingerprint density at radius 2 is 2.19 bits per heavy atom. The van der Waals surface area contributed by atoms with Gasteiger partial charge in [-0.15, -0.1) is 0 Å². The number of nitrogens with one attached hydrogen (secondary N) is 1. The van der Waals surface area contributed by atoms with E-state index in [9.17, 15) is 13.2 Å². The van der Waals surface area contributed by atoms with E-state index in [4.69, 9.17) is 16.7 Å². The third-order valence-electron chi connectivity index (χ3n) is 2.70. The lowest BCUT2D eigenvalue weighted by Crippen LogP contribution is -2.13. The summed E-state index contributed by atoms with van der Waals surface area (Å²) in [6.07, 6.45) is 2.81. The van der Waals surface area contributed by atoms with Gasteiger partial charge < -0.3 is 9.67 Å². The summed E-state index contributed by atoms with van der Waals surface area (Å²) < 4.78 is 28.1. The number of carboxylic acids is 1. The molecule has 1 aromatic carbocycles. The summed E-state index contributed by atoms with van der Waals surface area (Å²) in [6, 6.07) is 3.79. The van der Waals surface area contributed by atoms with Crippen LogP contribution in [0.5, 0.6) is 0 Å². The summed E-state index contributed by atoms with van der Waals surface area (Å²) >= 11 is 5.79. The Kier molecular flexibility index (Phi) is 4.19. The van der Waals surface area contributed by atoms with Gasteiger partial charge in [0.05, 0.1) is 22.6 Å². The lowest BCUT2D eigenvalue weighted by atomic mass is 10.2. The van der Waals surface area contributed by atoms with E-state index in [0.717, 1.165) is 0 Å². The first-order valence-electron chi connectivity index (χ1n) is 5.91. The van der Waals surface area contributed by atoms with E-state index in [0.29, 0.717) is 6.54 Å². The number of carboxylic acid groups (broad SMARTS) is 1. The molecule has 0 unspecified atom stereocenters. The fourth-order valence-corrected chi connectivity index (χ4v) is 2.87. The van der Waals surface area contributed by atoms with Crippen LogP contribution in [-0.4, -0.2) is 29.0 Å². The highest BCUT2D eigenvalue weighted by atomic mass is 35.5. The summed E-state index contributed by atoms with van der Waals surface area (Å²) in [7, 11) is -3.84. The second-order valence-corrected chi connectivity index (χ2v) is 6.18. The summed E-state index contributed by atoms with van der Waals surface area (Å²) in [5.41, 5.74) is 0.0610. The summed E-state index contributed by atoms with van der Waals surface area (Å²) in [6.45, 7) is 2.46. The molecule has 2 aromatic rings. The van der Waals surface area contributed by atoms with Gasteiger partial charge in [-0.05, 0) is 25.1 Å². The van der Waals surface area contributed by atoms with Crippen molar-refractivity contribution in [2.75, 3.05) is 4.72 Å². The van der Waals surface area contributed by atoms with E-state index in [2.05, 4.69) is 9.71 Å². The molecule has 0 atom stereocenters. The van der Waals surface area contributed by atoms with Crippen molar-refractivity contribution < 1.29 is 18.3 Å². The molecule has 112 valence electrons. The maximum Gasteiger partial charge on any atom is 0.337 e. The van der Waals surface area contributed by atoms with Gasteiger partial charge in [-0.25, -0.2) is 9.78 Å². The molecule has 9 heteroatoms. The molecule has 0 aliphatic heterocycles. The molecule has 1 aromatic heterocycles. The fraction of sp³-hybridized carbons (Fsp3) is 0.167. The molecular weight excluding hydrogens is 318 g/mol. The number of aromatic carboxylic acids is 1. The first kappa shape index (κ1) is 15.3. The first-order valence-corrected chi connectivity index (χ1v) is 7.77. The number of aromatic nitrogens is 2. The maximum atomic E-state index is 12.1. The van der Waals surface area contributed by atoms with E-state index in [1.807, 2.05) is 6.92 Å². The second kappa shape index (κ2) is 5.74. The summed E-state index contributed by atoms with van der Waals surface area (Å²) in [5, 5.41) is 8.68. The minimum atomic E-state index is -3.84. The fourth-order valence-electron chi connectivity index (χ4n) is 1.61. The van der Waals surface area contributed by atoms with Crippen molar-refractivity contribution in [2.45, 2.75) is 18.5 Å². The van der Waals surface area contributed by atoms with Crippen LogP contribution in [0.15, 0.2) is 35.7 Å². The molecule has 21 heavy (non-hydrogen) atoms. The van der Waals surface area contributed by atoms with Crippen LogP contribution in [0.3, 0.4) is 0 Å². The summed E-state index contributed by atoms with van der Waals surface area (Å²) in [5.74, 6) is -1.18. The number of anilines is 1. The lowest BCUT2D eigenvalue weighted by Gasteiger charge is -2.07. The molecule has 1 heterocycles. The predicted molar refractivity (Wildman–Crippen MR) is 77.1 cm³/mol. The Morgan fingerprint density at radius 1 is 1.48 bits per heavy atom. The Hall–Kier alpha value is -2.06. The number of imidazole rings is 1. The molecule has 2 N–H and O–H groups in total. The molecular formula is C12H12ClN3O4S. The molecule has 0 bridgehead atoms. The number of aryl methyl sites for hydroxylation is 1. The zero-order valence-corrected chi connectivity index (χ0v) is 12.5. The van der Waals surface area contributed by atoms with Crippen molar-refractivity contribution in [3.05, 3.63) is 41.3 Å². The average molecular weight is 330 g/mol. The number of benzene rings is 1. The van der Waals surface area contributed by atoms with Crippen molar-refractivity contribution in [1.29, 1.82) is 0 Å². The third kappa shape index (κ3) is 3.34. The SMILES string of the molecule is CCn1cnc(S(=O)(=O)Nc2ccc(C(=O)O)c(Cl)c2)c1.